The predicted molar refractivity (Wildman–Crippen MR) is 219 cm³/mol. The van der Waals surface area contributed by atoms with Crippen molar-refractivity contribution in [2.75, 3.05) is 26.4 Å². The van der Waals surface area contributed by atoms with E-state index >= 15 is 0 Å². The van der Waals surface area contributed by atoms with Gasteiger partial charge in [0.15, 0.2) is 24.7 Å². The van der Waals surface area contributed by atoms with E-state index in [1.807, 2.05) is 6.92 Å². The summed E-state index contributed by atoms with van der Waals surface area (Å²) < 4.78 is 42.0. The van der Waals surface area contributed by atoms with Crippen LogP contribution in [0.2, 0.25) is 0 Å². The molecule has 4 heterocycles. The second-order valence-electron chi connectivity index (χ2n) is 21.5. The molecule has 0 aromatic rings. The van der Waals surface area contributed by atoms with Crippen molar-refractivity contribution < 1.29 is 94.4 Å². The molecule has 4 saturated carbocycles. The number of hydrogen-bond acceptors (Lipinski definition) is 19. The molecule has 64 heavy (non-hydrogen) atoms. The lowest BCUT2D eigenvalue weighted by Crippen LogP contribution is -2.60. The minimum Gasteiger partial charge on any atom is -0.394 e. The van der Waals surface area contributed by atoms with E-state index in [-0.39, 0.29) is 47.4 Å². The van der Waals surface area contributed by atoms with Crippen molar-refractivity contribution in [3.05, 3.63) is 0 Å². The van der Waals surface area contributed by atoms with Gasteiger partial charge in [0.25, 0.3) is 0 Å². The maximum Gasteiger partial charge on any atom is 0.187 e. The van der Waals surface area contributed by atoms with Gasteiger partial charge < -0.3 is 94.4 Å². The SMILES string of the molecule is CC1C2C(CC3C4CCC5C[C@@H](O[C@@H]6O[C@@H](C(O)CO)[C@H](O)[C@H]6O[C@@H]6O[C@H](CO)[C@@H](O)[C@H](O)[C@H]6O)CCC5(C)C4CCC32C)OC1(O)CC[C@H](C)CO[C@@H]1O[C@H](C(O)CO)[C@H](O)[C@H]1O. The second kappa shape index (κ2) is 19.2. The van der Waals surface area contributed by atoms with Gasteiger partial charge in [-0.25, -0.2) is 0 Å². The molecule has 0 spiro atoms. The zero-order chi connectivity index (χ0) is 46.2. The molecule has 12 unspecified atom stereocenters. The molecule has 0 radical (unpaired) electrons. The second-order valence-corrected chi connectivity index (χ2v) is 21.5. The Balaban J connectivity index is 0.863. The molecule has 0 amide bonds. The number of hydrogen-bond donors (Lipinski definition) is 12. The Kier molecular flexibility index (Phi) is 14.9. The highest BCUT2D eigenvalue weighted by Crippen LogP contribution is 2.71. The molecule has 0 bridgehead atoms. The van der Waals surface area contributed by atoms with Gasteiger partial charge in [-0.1, -0.05) is 27.7 Å². The Morgan fingerprint density at radius 2 is 1.34 bits per heavy atom. The largest absolute Gasteiger partial charge is 0.394 e. The van der Waals surface area contributed by atoms with E-state index in [0.29, 0.717) is 42.9 Å². The van der Waals surface area contributed by atoms with Gasteiger partial charge in [0.2, 0.25) is 0 Å². The molecule has 8 fully saturated rings. The third-order valence-corrected chi connectivity index (χ3v) is 17.9. The van der Waals surface area contributed by atoms with Crippen LogP contribution in [-0.2, 0) is 33.2 Å². The Labute approximate surface area is 374 Å². The van der Waals surface area contributed by atoms with Gasteiger partial charge in [-0.2, -0.15) is 0 Å². The summed E-state index contributed by atoms with van der Waals surface area (Å²) in [4.78, 5) is 0. The zero-order valence-electron chi connectivity index (χ0n) is 37.5. The molecule has 8 rings (SSSR count). The lowest BCUT2D eigenvalue weighted by Gasteiger charge is -2.61. The lowest BCUT2D eigenvalue weighted by atomic mass is 9.44. The molecule has 0 aromatic carbocycles. The van der Waals surface area contributed by atoms with Crippen LogP contribution < -0.4 is 0 Å². The van der Waals surface area contributed by atoms with Crippen molar-refractivity contribution in [1.82, 2.24) is 0 Å². The van der Waals surface area contributed by atoms with Crippen LogP contribution in [0.3, 0.4) is 0 Å². The van der Waals surface area contributed by atoms with Crippen molar-refractivity contribution in [3.63, 3.8) is 0 Å². The molecule has 4 aliphatic heterocycles. The third kappa shape index (κ3) is 8.65. The summed E-state index contributed by atoms with van der Waals surface area (Å²) in [5, 5.41) is 124. The van der Waals surface area contributed by atoms with Crippen LogP contribution in [0.15, 0.2) is 0 Å². The van der Waals surface area contributed by atoms with Gasteiger partial charge in [0, 0.05) is 12.3 Å². The van der Waals surface area contributed by atoms with Crippen molar-refractivity contribution in [2.45, 2.75) is 202 Å². The Morgan fingerprint density at radius 1 is 0.688 bits per heavy atom. The number of ether oxygens (including phenoxy) is 7. The van der Waals surface area contributed by atoms with Gasteiger partial charge in [0.1, 0.15) is 73.2 Å². The highest BCUT2D eigenvalue weighted by Gasteiger charge is 2.68. The smallest absolute Gasteiger partial charge is 0.187 e. The fraction of sp³-hybridized carbons (Fsp3) is 1.00. The van der Waals surface area contributed by atoms with Crippen LogP contribution in [0.4, 0.5) is 0 Å². The van der Waals surface area contributed by atoms with Crippen LogP contribution in [0, 0.1) is 52.3 Å². The minimum absolute atomic E-state index is 0.00666. The van der Waals surface area contributed by atoms with E-state index in [2.05, 4.69) is 20.8 Å². The topological polar surface area (TPSA) is 307 Å². The molecule has 19 heteroatoms. The van der Waals surface area contributed by atoms with Crippen LogP contribution in [0.1, 0.15) is 91.9 Å². The molecule has 4 saturated heterocycles. The first kappa shape index (κ1) is 49.7. The minimum atomic E-state index is -1.73. The molecule has 8 aliphatic rings. The van der Waals surface area contributed by atoms with Gasteiger partial charge in [0.05, 0.1) is 38.6 Å². The van der Waals surface area contributed by atoms with Gasteiger partial charge in [-0.3, -0.25) is 0 Å². The molecular formula is C45H76O19. The molecule has 0 aromatic heterocycles. The standard InChI is InChI=1S/C45H76O19/c1-19(18-58-40-35(55)33(53)37(61-40)26(49)15-46)7-12-45(57)20(2)30-28(64-45)14-25-23-6-5-21-13-22(8-10-43(21,3)24(23)9-11-44(25,30)4)59-42-39(36(56)38(62-42)27(50)16-47)63-41-34(54)32(52)31(51)29(17-48)60-41/h19-42,46-57H,5-18H2,1-4H3/t19-,20?,21?,22-,23?,24?,25?,26?,27?,28?,29+,30?,31+,32-,33+,34+,35+,36-,37+,38-,39+,40+,41-,42+,43?,44?,45?/m0/s1. The van der Waals surface area contributed by atoms with E-state index in [0.717, 1.165) is 44.9 Å². The molecule has 4 aliphatic carbocycles. The summed E-state index contributed by atoms with van der Waals surface area (Å²) in [6.07, 6.45) is -12.9. The van der Waals surface area contributed by atoms with Crippen LogP contribution in [-0.4, -0.2) is 198 Å². The van der Waals surface area contributed by atoms with Gasteiger partial charge in [-0.15, -0.1) is 0 Å². The van der Waals surface area contributed by atoms with Crippen molar-refractivity contribution in [2.24, 2.45) is 52.3 Å². The predicted octanol–water partition coefficient (Wildman–Crippen LogP) is -1.78. The first-order valence-corrected chi connectivity index (χ1v) is 23.9. The quantitative estimate of drug-likeness (QED) is 0.0864. The molecule has 27 atom stereocenters. The maximum atomic E-state index is 12.0. The zero-order valence-corrected chi connectivity index (χ0v) is 37.5. The number of aliphatic hydroxyl groups is 12. The van der Waals surface area contributed by atoms with Crippen LogP contribution in [0.25, 0.3) is 0 Å². The number of rotatable bonds is 15. The Bertz CT molecular complexity index is 1560. The van der Waals surface area contributed by atoms with Crippen molar-refractivity contribution in [1.29, 1.82) is 0 Å². The third-order valence-electron chi connectivity index (χ3n) is 17.9. The fourth-order valence-corrected chi connectivity index (χ4v) is 14.2. The number of fused-ring (bicyclic) bond motifs is 7. The van der Waals surface area contributed by atoms with E-state index < -0.39 is 118 Å². The number of aliphatic hydroxyl groups excluding tert-OH is 11. The first-order valence-electron chi connectivity index (χ1n) is 23.9. The van der Waals surface area contributed by atoms with Gasteiger partial charge >= 0.3 is 0 Å². The van der Waals surface area contributed by atoms with E-state index in [4.69, 9.17) is 33.2 Å². The molecule has 370 valence electrons. The Morgan fingerprint density at radius 3 is 2.03 bits per heavy atom. The van der Waals surface area contributed by atoms with E-state index in [1.54, 1.807) is 0 Å². The van der Waals surface area contributed by atoms with Gasteiger partial charge in [-0.05, 0) is 104 Å². The van der Waals surface area contributed by atoms with Crippen molar-refractivity contribution in [3.8, 4) is 0 Å². The fourth-order valence-electron chi connectivity index (χ4n) is 14.2. The molecule has 12 N–H and O–H groups in total. The summed E-state index contributed by atoms with van der Waals surface area (Å²) in [6.45, 7) is 7.15. The Hall–Kier alpha value is -0.760. The molecular weight excluding hydrogens is 844 g/mol. The summed E-state index contributed by atoms with van der Waals surface area (Å²) in [7, 11) is 0. The maximum absolute atomic E-state index is 12.0. The highest BCUT2D eigenvalue weighted by atomic mass is 16.8. The lowest BCUT2D eigenvalue weighted by molar-refractivity contribution is -0.329. The summed E-state index contributed by atoms with van der Waals surface area (Å²) in [5.41, 5.74) is 0.0645. The monoisotopic (exact) mass is 920 g/mol. The average molecular weight is 921 g/mol. The first-order chi connectivity index (χ1) is 30.3. The summed E-state index contributed by atoms with van der Waals surface area (Å²) in [5.74, 6) is 0.607. The van der Waals surface area contributed by atoms with Crippen molar-refractivity contribution >= 4 is 0 Å². The van der Waals surface area contributed by atoms with Crippen LogP contribution in [0.5, 0.6) is 0 Å². The van der Waals surface area contributed by atoms with Crippen LogP contribution >= 0.6 is 0 Å². The summed E-state index contributed by atoms with van der Waals surface area (Å²) >= 11 is 0. The van der Waals surface area contributed by atoms with E-state index in [1.165, 1.54) is 0 Å². The van der Waals surface area contributed by atoms with E-state index in [9.17, 15) is 61.3 Å². The molecule has 19 nitrogen and oxygen atoms in total. The normalized spacial score (nSPS) is 53.9. The summed E-state index contributed by atoms with van der Waals surface area (Å²) in [6, 6.07) is 0. The average Bonchev–Trinajstić information content (AvgIpc) is 3.94. The highest BCUT2D eigenvalue weighted by molar-refractivity contribution is 5.15.